The minimum atomic E-state index is -4.34. The van der Waals surface area contributed by atoms with Crippen LogP contribution >= 0.6 is 0 Å². The Bertz CT molecular complexity index is 648. The van der Waals surface area contributed by atoms with E-state index < -0.39 is 11.7 Å². The lowest BCUT2D eigenvalue weighted by atomic mass is 9.89. The molecule has 4 nitrogen and oxygen atoms in total. The monoisotopic (exact) mass is 296 g/mol. The molecule has 0 radical (unpaired) electrons. The van der Waals surface area contributed by atoms with E-state index in [1.807, 2.05) is 0 Å². The molecule has 0 amide bonds. The number of nitrogen functional groups attached to an aromatic ring is 1. The molecular weight excluding hydrogens is 281 g/mol. The highest BCUT2D eigenvalue weighted by molar-refractivity contribution is 5.31. The van der Waals surface area contributed by atoms with Crippen LogP contribution in [0.3, 0.4) is 0 Å². The zero-order valence-corrected chi connectivity index (χ0v) is 11.3. The normalized spacial score (nSPS) is 18.5. The second-order valence-electron chi connectivity index (χ2n) is 5.25. The van der Waals surface area contributed by atoms with Crippen molar-refractivity contribution < 1.29 is 13.2 Å². The second kappa shape index (κ2) is 5.05. The Morgan fingerprint density at radius 3 is 2.81 bits per heavy atom. The van der Waals surface area contributed by atoms with Crippen LogP contribution in [0.25, 0.3) is 0 Å². The highest BCUT2D eigenvalue weighted by Crippen LogP contribution is 2.36. The van der Waals surface area contributed by atoms with Crippen LogP contribution in [0, 0.1) is 0 Å². The van der Waals surface area contributed by atoms with E-state index in [4.69, 9.17) is 5.73 Å². The molecule has 2 heterocycles. The molecule has 21 heavy (non-hydrogen) atoms. The van der Waals surface area contributed by atoms with Crippen LogP contribution in [-0.2, 0) is 19.1 Å². The van der Waals surface area contributed by atoms with E-state index in [-0.39, 0.29) is 11.9 Å². The number of hydrogen-bond acceptors (Lipinski definition) is 3. The maximum Gasteiger partial charge on any atom is 0.416 e. The molecule has 1 aliphatic heterocycles. The molecule has 1 aromatic heterocycles. The molecule has 112 valence electrons. The van der Waals surface area contributed by atoms with Gasteiger partial charge in [0.05, 0.1) is 5.56 Å². The number of nitrogens with two attached hydrogens (primary N) is 1. The Kier molecular flexibility index (Phi) is 3.35. The van der Waals surface area contributed by atoms with Gasteiger partial charge in [-0.05, 0) is 30.9 Å². The van der Waals surface area contributed by atoms with Crippen molar-refractivity contribution >= 4 is 5.95 Å². The molecule has 0 saturated heterocycles. The molecule has 7 heteroatoms. The van der Waals surface area contributed by atoms with E-state index in [1.165, 1.54) is 12.1 Å². The molecule has 2 N–H and O–H groups in total. The molecule has 0 fully saturated rings. The number of nitrogens with zero attached hydrogens (tertiary/aromatic N) is 3. The predicted octanol–water partition coefficient (Wildman–Crippen LogP) is 3.00. The highest BCUT2D eigenvalue weighted by Gasteiger charge is 2.34. The summed E-state index contributed by atoms with van der Waals surface area (Å²) in [5, 5.41) is 4.08. The second-order valence-corrected chi connectivity index (χ2v) is 5.25. The summed E-state index contributed by atoms with van der Waals surface area (Å²) in [5.74, 6) is 0.795. The molecule has 0 spiro atoms. The van der Waals surface area contributed by atoms with E-state index in [2.05, 4.69) is 10.1 Å². The number of aromatic nitrogens is 3. The van der Waals surface area contributed by atoms with Gasteiger partial charge in [-0.1, -0.05) is 18.2 Å². The first-order valence-corrected chi connectivity index (χ1v) is 6.80. The van der Waals surface area contributed by atoms with Gasteiger partial charge in [0, 0.05) is 12.5 Å². The van der Waals surface area contributed by atoms with Gasteiger partial charge in [0.1, 0.15) is 5.82 Å². The molecule has 2 aromatic rings. The average molecular weight is 296 g/mol. The van der Waals surface area contributed by atoms with Crippen LogP contribution in [0.2, 0.25) is 0 Å². The van der Waals surface area contributed by atoms with Gasteiger partial charge in [0.15, 0.2) is 0 Å². The molecule has 0 bridgehead atoms. The minimum absolute atomic E-state index is 0.0768. The lowest BCUT2D eigenvalue weighted by Crippen LogP contribution is -2.20. The van der Waals surface area contributed by atoms with Crippen LogP contribution < -0.4 is 5.73 Å². The molecular formula is C14H15F3N4. The number of hydrogen-bond donors (Lipinski definition) is 1. The fourth-order valence-electron chi connectivity index (χ4n) is 2.89. The Morgan fingerprint density at radius 2 is 2.05 bits per heavy atom. The number of fused-ring (bicyclic) bond motifs is 1. The average Bonchev–Trinajstić information content (AvgIpc) is 2.79. The number of aryl methyl sites for hydroxylation is 1. The Balaban J connectivity index is 1.92. The van der Waals surface area contributed by atoms with Crippen LogP contribution in [-0.4, -0.2) is 14.8 Å². The summed E-state index contributed by atoms with van der Waals surface area (Å²) in [6.07, 6.45) is -2.37. The van der Waals surface area contributed by atoms with Crippen molar-refractivity contribution in [1.29, 1.82) is 0 Å². The van der Waals surface area contributed by atoms with Crippen molar-refractivity contribution in [3.63, 3.8) is 0 Å². The summed E-state index contributed by atoms with van der Waals surface area (Å²) in [6.45, 7) is 0.719. The number of benzene rings is 1. The summed E-state index contributed by atoms with van der Waals surface area (Å²) in [6, 6.07) is 5.69. The summed E-state index contributed by atoms with van der Waals surface area (Å²) in [7, 11) is 0. The number of rotatable bonds is 2. The fraction of sp³-hybridized carbons (Fsp3) is 0.429. The van der Waals surface area contributed by atoms with Gasteiger partial charge >= 0.3 is 6.18 Å². The van der Waals surface area contributed by atoms with E-state index in [1.54, 1.807) is 10.7 Å². The topological polar surface area (TPSA) is 56.7 Å². The molecule has 3 rings (SSSR count). The van der Waals surface area contributed by atoms with E-state index in [0.29, 0.717) is 17.8 Å². The SMILES string of the molecule is Nc1nc2n(n1)CCCC2Cc1ccccc1C(F)(F)F. The Labute approximate surface area is 119 Å². The molecule has 1 unspecified atom stereocenters. The van der Waals surface area contributed by atoms with E-state index >= 15 is 0 Å². The molecule has 0 aliphatic carbocycles. The zero-order chi connectivity index (χ0) is 15.0. The maximum absolute atomic E-state index is 13.0. The summed E-state index contributed by atoms with van der Waals surface area (Å²) >= 11 is 0. The molecule has 1 aliphatic rings. The van der Waals surface area contributed by atoms with Crippen LogP contribution in [0.4, 0.5) is 19.1 Å². The third-order valence-electron chi connectivity index (χ3n) is 3.79. The Morgan fingerprint density at radius 1 is 1.29 bits per heavy atom. The van der Waals surface area contributed by atoms with Crippen molar-refractivity contribution in [3.8, 4) is 0 Å². The summed E-state index contributed by atoms with van der Waals surface area (Å²) in [4.78, 5) is 4.17. The standard InChI is InChI=1S/C14H15F3N4/c15-14(16,17)11-6-2-1-4-9(11)8-10-5-3-7-21-12(10)19-13(18)20-21/h1-2,4,6,10H,3,5,7-8H2,(H2,18,20). The summed E-state index contributed by atoms with van der Waals surface area (Å²) < 4.78 is 40.9. The maximum atomic E-state index is 13.0. The first-order valence-electron chi connectivity index (χ1n) is 6.80. The van der Waals surface area contributed by atoms with Crippen LogP contribution in [0.1, 0.15) is 35.7 Å². The first-order chi connectivity index (χ1) is 9.95. The predicted molar refractivity (Wildman–Crippen MR) is 71.6 cm³/mol. The van der Waals surface area contributed by atoms with Crippen LogP contribution in [0.15, 0.2) is 24.3 Å². The van der Waals surface area contributed by atoms with Gasteiger partial charge in [-0.15, -0.1) is 5.10 Å². The van der Waals surface area contributed by atoms with Gasteiger partial charge in [-0.3, -0.25) is 0 Å². The quantitative estimate of drug-likeness (QED) is 0.927. The van der Waals surface area contributed by atoms with Crippen molar-refractivity contribution in [1.82, 2.24) is 14.8 Å². The highest BCUT2D eigenvalue weighted by atomic mass is 19.4. The number of halogens is 3. The molecule has 0 saturated carbocycles. The van der Waals surface area contributed by atoms with E-state index in [0.717, 1.165) is 25.5 Å². The lowest BCUT2D eigenvalue weighted by molar-refractivity contribution is -0.138. The van der Waals surface area contributed by atoms with E-state index in [9.17, 15) is 13.2 Å². The van der Waals surface area contributed by atoms with Crippen molar-refractivity contribution in [2.24, 2.45) is 0 Å². The minimum Gasteiger partial charge on any atom is -0.366 e. The smallest absolute Gasteiger partial charge is 0.366 e. The van der Waals surface area contributed by atoms with Gasteiger partial charge in [-0.2, -0.15) is 18.2 Å². The van der Waals surface area contributed by atoms with Crippen molar-refractivity contribution in [2.75, 3.05) is 5.73 Å². The zero-order valence-electron chi connectivity index (χ0n) is 11.3. The third kappa shape index (κ3) is 2.72. The third-order valence-corrected chi connectivity index (χ3v) is 3.79. The van der Waals surface area contributed by atoms with Crippen LogP contribution in [0.5, 0.6) is 0 Å². The van der Waals surface area contributed by atoms with Gasteiger partial charge in [0.25, 0.3) is 0 Å². The van der Waals surface area contributed by atoms with Crippen molar-refractivity contribution in [3.05, 3.63) is 41.2 Å². The number of anilines is 1. The van der Waals surface area contributed by atoms with Gasteiger partial charge in [0.2, 0.25) is 5.95 Å². The number of alkyl halides is 3. The van der Waals surface area contributed by atoms with Gasteiger partial charge < -0.3 is 5.73 Å². The van der Waals surface area contributed by atoms with Crippen molar-refractivity contribution in [2.45, 2.75) is 37.9 Å². The lowest BCUT2D eigenvalue weighted by Gasteiger charge is -2.23. The Hall–Kier alpha value is -2.05. The van der Waals surface area contributed by atoms with Gasteiger partial charge in [-0.25, -0.2) is 4.68 Å². The largest absolute Gasteiger partial charge is 0.416 e. The molecule has 1 aromatic carbocycles. The molecule has 1 atom stereocenters. The first kappa shape index (κ1) is 13.9. The summed E-state index contributed by atoms with van der Waals surface area (Å²) in [5.41, 5.74) is 5.31. The fourth-order valence-corrected chi connectivity index (χ4v) is 2.89.